The summed E-state index contributed by atoms with van der Waals surface area (Å²) < 4.78 is 43.8. The van der Waals surface area contributed by atoms with E-state index in [0.717, 1.165) is 29.8 Å². The Kier molecular flexibility index (Phi) is 5.56. The third kappa shape index (κ3) is 3.73. The molecule has 0 unspecified atom stereocenters. The number of hydrogen-bond donors (Lipinski definition) is 0. The van der Waals surface area contributed by atoms with Gasteiger partial charge in [-0.2, -0.15) is 9.40 Å². The van der Waals surface area contributed by atoms with Gasteiger partial charge in [-0.15, -0.1) is 0 Å². The molecule has 0 saturated carbocycles. The second-order valence-electron chi connectivity index (χ2n) is 9.26. The minimum Gasteiger partial charge on any atom is -0.363 e. The molecular formula is C25H28FN5O2S. The fourth-order valence-electron chi connectivity index (χ4n) is 5.03. The van der Waals surface area contributed by atoms with Gasteiger partial charge in [0.05, 0.1) is 17.6 Å². The first-order chi connectivity index (χ1) is 16.2. The van der Waals surface area contributed by atoms with Crippen LogP contribution >= 0.6 is 0 Å². The number of pyridine rings is 1. The molecule has 3 heterocycles. The van der Waals surface area contributed by atoms with Crippen LogP contribution < -0.4 is 4.90 Å². The second-order valence-corrected chi connectivity index (χ2v) is 11.2. The normalized spacial score (nSPS) is 20.4. The van der Waals surface area contributed by atoms with Crippen LogP contribution in [0, 0.1) is 11.2 Å². The quantitative estimate of drug-likeness (QED) is 0.553. The molecule has 3 aromatic rings. The Labute approximate surface area is 199 Å². The highest BCUT2D eigenvalue weighted by atomic mass is 32.2. The minimum absolute atomic E-state index is 0.220. The van der Waals surface area contributed by atoms with Crippen LogP contribution in [0.15, 0.2) is 59.3 Å². The summed E-state index contributed by atoms with van der Waals surface area (Å²) in [4.78, 5) is 6.36. The van der Waals surface area contributed by atoms with Gasteiger partial charge in [0, 0.05) is 38.8 Å². The number of benzene rings is 1. The Morgan fingerprint density at radius 2 is 1.88 bits per heavy atom. The highest BCUT2D eigenvalue weighted by Crippen LogP contribution is 2.47. The minimum atomic E-state index is -3.65. The Morgan fingerprint density at radius 3 is 2.53 bits per heavy atom. The lowest BCUT2D eigenvalue weighted by atomic mass is 9.67. The molecule has 1 saturated heterocycles. The van der Waals surface area contributed by atoms with Crippen molar-refractivity contribution in [1.82, 2.24) is 19.1 Å². The van der Waals surface area contributed by atoms with Gasteiger partial charge in [-0.25, -0.2) is 22.5 Å². The van der Waals surface area contributed by atoms with Crippen molar-refractivity contribution in [2.75, 3.05) is 32.1 Å². The van der Waals surface area contributed by atoms with Gasteiger partial charge in [-0.1, -0.05) is 12.5 Å². The topological polar surface area (TPSA) is 71.3 Å². The first-order valence-corrected chi connectivity index (χ1v) is 12.8. The van der Waals surface area contributed by atoms with Crippen LogP contribution in [-0.4, -0.2) is 54.7 Å². The molecule has 1 aromatic carbocycles. The molecule has 2 aliphatic rings. The summed E-state index contributed by atoms with van der Waals surface area (Å²) in [5, 5.41) is 4.56. The van der Waals surface area contributed by atoms with E-state index in [1.54, 1.807) is 28.6 Å². The zero-order valence-corrected chi connectivity index (χ0v) is 20.4. The highest BCUT2D eigenvalue weighted by molar-refractivity contribution is 7.89. The molecule has 1 fully saturated rings. The molecule has 1 aliphatic carbocycles. The summed E-state index contributed by atoms with van der Waals surface area (Å²) in [5.41, 5.74) is 3.85. The molecular weight excluding hydrogens is 453 g/mol. The average Bonchev–Trinajstić information content (AvgIpc) is 3.24. The van der Waals surface area contributed by atoms with Crippen molar-refractivity contribution in [3.63, 3.8) is 0 Å². The zero-order chi connectivity index (χ0) is 24.1. The maximum Gasteiger partial charge on any atom is 0.244 e. The van der Waals surface area contributed by atoms with Gasteiger partial charge in [0.15, 0.2) is 0 Å². The number of hydrogen-bond acceptors (Lipinski definition) is 5. The van der Waals surface area contributed by atoms with E-state index in [4.69, 9.17) is 0 Å². The monoisotopic (exact) mass is 481 g/mol. The molecule has 9 heteroatoms. The molecule has 0 spiro atoms. The lowest BCUT2D eigenvalue weighted by Gasteiger charge is -2.45. The number of sulfonamides is 1. The van der Waals surface area contributed by atoms with E-state index in [-0.39, 0.29) is 16.1 Å². The van der Waals surface area contributed by atoms with Crippen LogP contribution in [0.1, 0.15) is 31.0 Å². The Hall–Kier alpha value is -3.04. The largest absolute Gasteiger partial charge is 0.363 e. The molecule has 0 amide bonds. The van der Waals surface area contributed by atoms with Crippen LogP contribution in [0.2, 0.25) is 0 Å². The van der Waals surface area contributed by atoms with Crippen molar-refractivity contribution in [2.45, 2.75) is 31.1 Å². The van der Waals surface area contributed by atoms with Crippen LogP contribution in [0.3, 0.4) is 0 Å². The second kappa shape index (κ2) is 8.32. The predicted molar refractivity (Wildman–Crippen MR) is 130 cm³/mol. The standard InChI is InChI=1S/C25H28FN5O2S/c1-4-25-14-18-15-28-31(21-7-5-20(26)6-8-21)23(18)13-19(25)11-12-30(17-25)34(32,33)22-9-10-24(27-16-22)29(2)3/h5-10,13,15-16H,4,11-12,14,17H2,1-3H3/t25-/m1/s1. The zero-order valence-electron chi connectivity index (χ0n) is 19.6. The first-order valence-electron chi connectivity index (χ1n) is 11.4. The van der Waals surface area contributed by atoms with E-state index in [9.17, 15) is 12.8 Å². The lowest BCUT2D eigenvalue weighted by Crippen LogP contribution is -2.49. The molecule has 5 rings (SSSR count). The van der Waals surface area contributed by atoms with Crippen molar-refractivity contribution in [2.24, 2.45) is 5.41 Å². The summed E-state index contributed by atoms with van der Waals surface area (Å²) >= 11 is 0. The predicted octanol–water partition coefficient (Wildman–Crippen LogP) is 3.90. The van der Waals surface area contributed by atoms with Gasteiger partial charge in [0.2, 0.25) is 10.0 Å². The van der Waals surface area contributed by atoms with Crippen LogP contribution in [-0.2, 0) is 16.4 Å². The number of piperidine rings is 1. The van der Waals surface area contributed by atoms with Crippen molar-refractivity contribution in [3.05, 3.63) is 71.4 Å². The molecule has 7 nitrogen and oxygen atoms in total. The van der Waals surface area contributed by atoms with E-state index in [2.05, 4.69) is 23.1 Å². The molecule has 0 bridgehead atoms. The van der Waals surface area contributed by atoms with E-state index < -0.39 is 10.0 Å². The maximum absolute atomic E-state index is 13.5. The number of rotatable bonds is 5. The molecule has 0 radical (unpaired) electrons. The van der Waals surface area contributed by atoms with Gasteiger partial charge >= 0.3 is 0 Å². The van der Waals surface area contributed by atoms with Gasteiger partial charge in [0.25, 0.3) is 0 Å². The number of fused-ring (bicyclic) bond motifs is 2. The summed E-state index contributed by atoms with van der Waals surface area (Å²) in [7, 11) is 0.0874. The van der Waals surface area contributed by atoms with Gasteiger partial charge in [-0.05, 0) is 67.3 Å². The molecule has 34 heavy (non-hydrogen) atoms. The van der Waals surface area contributed by atoms with E-state index >= 15 is 0 Å². The molecule has 1 aliphatic heterocycles. The summed E-state index contributed by atoms with van der Waals surface area (Å²) in [6.45, 7) is 2.96. The van der Waals surface area contributed by atoms with Crippen LogP contribution in [0.5, 0.6) is 0 Å². The van der Waals surface area contributed by atoms with Crippen molar-refractivity contribution >= 4 is 21.9 Å². The molecule has 2 aromatic heterocycles. The average molecular weight is 482 g/mol. The van der Waals surface area contributed by atoms with Gasteiger partial charge < -0.3 is 4.90 Å². The number of aromatic nitrogens is 3. The number of anilines is 1. The van der Waals surface area contributed by atoms with E-state index in [1.807, 2.05) is 29.9 Å². The smallest absolute Gasteiger partial charge is 0.244 e. The first kappa shape index (κ1) is 22.7. The Bertz CT molecular complexity index is 1350. The Morgan fingerprint density at radius 1 is 1.12 bits per heavy atom. The lowest BCUT2D eigenvalue weighted by molar-refractivity contribution is 0.204. The fraction of sp³-hybridized carbons (Fsp3) is 0.360. The Balaban J connectivity index is 1.45. The summed E-state index contributed by atoms with van der Waals surface area (Å²) in [6.07, 6.45) is 7.65. The van der Waals surface area contributed by atoms with Crippen molar-refractivity contribution in [3.8, 4) is 5.69 Å². The molecule has 178 valence electrons. The number of nitrogens with zero attached hydrogens (tertiary/aromatic N) is 5. The van der Waals surface area contributed by atoms with Crippen molar-refractivity contribution in [1.29, 1.82) is 0 Å². The van der Waals surface area contributed by atoms with Gasteiger partial charge in [-0.3, -0.25) is 0 Å². The molecule has 1 atom stereocenters. The third-order valence-corrected chi connectivity index (χ3v) is 8.91. The fourth-order valence-corrected chi connectivity index (χ4v) is 6.50. The molecule has 0 N–H and O–H groups in total. The van der Waals surface area contributed by atoms with Crippen LogP contribution in [0.4, 0.5) is 10.2 Å². The highest BCUT2D eigenvalue weighted by Gasteiger charge is 2.44. The maximum atomic E-state index is 13.5. The SMILES string of the molecule is CC[C@]12Cc3cnn(-c4ccc(F)cc4)c3C=C1CCN(S(=O)(=O)c1ccc(N(C)C)nc1)C2. The number of halogens is 1. The summed E-state index contributed by atoms with van der Waals surface area (Å²) in [6, 6.07) is 9.65. The van der Waals surface area contributed by atoms with E-state index in [0.29, 0.717) is 25.3 Å². The van der Waals surface area contributed by atoms with Crippen LogP contribution in [0.25, 0.3) is 11.8 Å². The van der Waals surface area contributed by atoms with Gasteiger partial charge in [0.1, 0.15) is 16.5 Å². The van der Waals surface area contributed by atoms with Crippen molar-refractivity contribution < 1.29 is 12.8 Å². The third-order valence-electron chi connectivity index (χ3n) is 7.08. The van der Waals surface area contributed by atoms with E-state index in [1.165, 1.54) is 23.9 Å². The summed E-state index contributed by atoms with van der Waals surface area (Å²) in [5.74, 6) is 0.430.